The average molecular weight is 312 g/mol. The van der Waals surface area contributed by atoms with E-state index in [0.29, 0.717) is 11.4 Å². The van der Waals surface area contributed by atoms with Crippen LogP contribution in [-0.4, -0.2) is 34.7 Å². The summed E-state index contributed by atoms with van der Waals surface area (Å²) in [5.41, 5.74) is 8.42. The number of hydrogen-bond acceptors (Lipinski definition) is 5. The maximum atomic E-state index is 12.0. The van der Waals surface area contributed by atoms with E-state index < -0.39 is 6.10 Å². The van der Waals surface area contributed by atoms with Crippen LogP contribution in [0.4, 0.5) is 5.82 Å². The van der Waals surface area contributed by atoms with Gasteiger partial charge >= 0.3 is 0 Å². The fraction of sp³-hybridized carbons (Fsp3) is 0.294. The van der Waals surface area contributed by atoms with E-state index in [0.717, 1.165) is 13.0 Å². The number of nitrogens with one attached hydrogen (secondary N) is 2. The van der Waals surface area contributed by atoms with Gasteiger partial charge in [-0.1, -0.05) is 24.3 Å². The highest BCUT2D eigenvalue weighted by Crippen LogP contribution is 2.17. The van der Waals surface area contributed by atoms with Crippen molar-refractivity contribution in [2.75, 3.05) is 12.3 Å². The molecule has 5 N–H and O–H groups in total. The third-order valence-electron chi connectivity index (χ3n) is 4.10. The maximum Gasteiger partial charge on any atom is 0.252 e. The van der Waals surface area contributed by atoms with Gasteiger partial charge in [0.15, 0.2) is 0 Å². The number of rotatable bonds is 4. The maximum absolute atomic E-state index is 12.0. The van der Waals surface area contributed by atoms with Crippen LogP contribution in [0.15, 0.2) is 42.6 Å². The standard InChI is InChI=1S/C17H20N4O2/c18-16-6-5-13(9-20-16)17(23)21-10-15(22)14-7-11-3-1-2-4-12(11)8-19-14/h1-6,9,14-15,19,22H,7-8,10H2,(H2,18,20)(H,21,23). The summed E-state index contributed by atoms with van der Waals surface area (Å²) in [5.74, 6) is 0.0967. The molecule has 0 bridgehead atoms. The van der Waals surface area contributed by atoms with E-state index in [1.54, 1.807) is 12.1 Å². The van der Waals surface area contributed by atoms with Gasteiger partial charge in [-0.3, -0.25) is 4.79 Å². The van der Waals surface area contributed by atoms with Crippen LogP contribution in [0.2, 0.25) is 0 Å². The zero-order valence-electron chi connectivity index (χ0n) is 12.7. The molecule has 2 heterocycles. The summed E-state index contributed by atoms with van der Waals surface area (Å²) in [6.07, 6.45) is 1.51. The number of carbonyl (C=O) groups is 1. The van der Waals surface area contributed by atoms with Crippen molar-refractivity contribution in [2.45, 2.75) is 25.1 Å². The van der Waals surface area contributed by atoms with Crippen LogP contribution in [0.25, 0.3) is 0 Å². The highest BCUT2D eigenvalue weighted by molar-refractivity contribution is 5.94. The number of nitrogens with zero attached hydrogens (tertiary/aromatic N) is 1. The Morgan fingerprint density at radius 2 is 2.13 bits per heavy atom. The van der Waals surface area contributed by atoms with Gasteiger partial charge < -0.3 is 21.5 Å². The average Bonchev–Trinajstić information content (AvgIpc) is 2.59. The molecule has 2 unspecified atom stereocenters. The summed E-state index contributed by atoms with van der Waals surface area (Å²) in [6.45, 7) is 0.913. The number of aliphatic hydroxyl groups excluding tert-OH is 1. The molecule has 3 rings (SSSR count). The van der Waals surface area contributed by atoms with Gasteiger partial charge in [-0.25, -0.2) is 4.98 Å². The Morgan fingerprint density at radius 3 is 2.87 bits per heavy atom. The van der Waals surface area contributed by atoms with Crippen LogP contribution in [0.1, 0.15) is 21.5 Å². The lowest BCUT2D eigenvalue weighted by Gasteiger charge is -2.30. The molecule has 1 aliphatic heterocycles. The van der Waals surface area contributed by atoms with Gasteiger partial charge in [-0.2, -0.15) is 0 Å². The first-order valence-electron chi connectivity index (χ1n) is 7.61. The summed E-state index contributed by atoms with van der Waals surface area (Å²) >= 11 is 0. The number of amides is 1. The highest BCUT2D eigenvalue weighted by atomic mass is 16.3. The van der Waals surface area contributed by atoms with Crippen molar-refractivity contribution in [2.24, 2.45) is 0 Å². The fourth-order valence-corrected chi connectivity index (χ4v) is 2.73. The molecule has 6 nitrogen and oxygen atoms in total. The second-order valence-corrected chi connectivity index (χ2v) is 5.71. The van der Waals surface area contributed by atoms with E-state index >= 15 is 0 Å². The minimum Gasteiger partial charge on any atom is -0.390 e. The van der Waals surface area contributed by atoms with Crippen molar-refractivity contribution in [3.8, 4) is 0 Å². The number of anilines is 1. The normalized spacial score (nSPS) is 18.0. The predicted octanol–water partition coefficient (Wildman–Crippen LogP) is 0.469. The number of aromatic nitrogens is 1. The molecule has 2 atom stereocenters. The summed E-state index contributed by atoms with van der Waals surface area (Å²) < 4.78 is 0. The summed E-state index contributed by atoms with van der Waals surface area (Å²) in [5, 5.41) is 16.4. The molecule has 1 aromatic carbocycles. The number of carbonyl (C=O) groups excluding carboxylic acids is 1. The molecule has 0 saturated heterocycles. The Balaban J connectivity index is 1.55. The van der Waals surface area contributed by atoms with E-state index in [1.807, 2.05) is 12.1 Å². The molecule has 1 amide bonds. The molecule has 2 aromatic rings. The van der Waals surface area contributed by atoms with Crippen LogP contribution >= 0.6 is 0 Å². The first-order valence-corrected chi connectivity index (χ1v) is 7.61. The molecule has 6 heteroatoms. The van der Waals surface area contributed by atoms with Gasteiger partial charge in [0.25, 0.3) is 5.91 Å². The monoisotopic (exact) mass is 312 g/mol. The zero-order valence-corrected chi connectivity index (χ0v) is 12.7. The van der Waals surface area contributed by atoms with Crippen molar-refractivity contribution in [1.82, 2.24) is 15.6 Å². The van der Waals surface area contributed by atoms with Crippen LogP contribution in [0, 0.1) is 0 Å². The van der Waals surface area contributed by atoms with Crippen molar-refractivity contribution < 1.29 is 9.90 Å². The lowest BCUT2D eigenvalue weighted by Crippen LogP contribution is -2.49. The van der Waals surface area contributed by atoms with Crippen LogP contribution in [0.5, 0.6) is 0 Å². The Kier molecular flexibility index (Phi) is 4.55. The topological polar surface area (TPSA) is 100 Å². The molecule has 1 aromatic heterocycles. The lowest BCUT2D eigenvalue weighted by molar-refractivity contribution is 0.0869. The molecule has 1 aliphatic rings. The number of fused-ring (bicyclic) bond motifs is 1. The van der Waals surface area contributed by atoms with E-state index in [-0.39, 0.29) is 18.5 Å². The number of aliphatic hydroxyl groups is 1. The quantitative estimate of drug-likeness (QED) is 0.657. The van der Waals surface area contributed by atoms with Crippen molar-refractivity contribution in [1.29, 1.82) is 0 Å². The van der Waals surface area contributed by atoms with E-state index in [9.17, 15) is 9.90 Å². The first kappa shape index (κ1) is 15.5. The molecule has 0 saturated carbocycles. The molecule has 0 aliphatic carbocycles. The number of nitrogen functional groups attached to an aromatic ring is 1. The molecule has 0 spiro atoms. The smallest absolute Gasteiger partial charge is 0.252 e. The third-order valence-corrected chi connectivity index (χ3v) is 4.10. The second-order valence-electron chi connectivity index (χ2n) is 5.71. The number of pyridine rings is 1. The van der Waals surface area contributed by atoms with Gasteiger partial charge in [0.05, 0.1) is 11.7 Å². The molecule has 0 fully saturated rings. The van der Waals surface area contributed by atoms with E-state index in [1.165, 1.54) is 17.3 Å². The number of benzene rings is 1. The van der Waals surface area contributed by atoms with Crippen molar-refractivity contribution in [3.05, 3.63) is 59.3 Å². The molecular weight excluding hydrogens is 292 g/mol. The Labute approximate surface area is 134 Å². The van der Waals surface area contributed by atoms with Gasteiger partial charge in [0.2, 0.25) is 0 Å². The van der Waals surface area contributed by atoms with E-state index in [4.69, 9.17) is 5.73 Å². The fourth-order valence-electron chi connectivity index (χ4n) is 2.73. The van der Waals surface area contributed by atoms with Gasteiger partial charge in [0.1, 0.15) is 5.82 Å². The SMILES string of the molecule is Nc1ccc(C(=O)NCC(O)C2Cc3ccccc3CN2)cn1. The van der Waals surface area contributed by atoms with Gasteiger partial charge in [-0.15, -0.1) is 0 Å². The van der Waals surface area contributed by atoms with Crippen molar-refractivity contribution in [3.63, 3.8) is 0 Å². The number of nitrogens with two attached hydrogens (primary N) is 1. The van der Waals surface area contributed by atoms with Crippen LogP contribution in [0.3, 0.4) is 0 Å². The Hall–Kier alpha value is -2.44. The molecular formula is C17H20N4O2. The lowest BCUT2D eigenvalue weighted by atomic mass is 9.93. The predicted molar refractivity (Wildman–Crippen MR) is 87.8 cm³/mol. The van der Waals surface area contributed by atoms with Crippen molar-refractivity contribution >= 4 is 11.7 Å². The summed E-state index contributed by atoms with van der Waals surface area (Å²) in [6, 6.07) is 11.3. The van der Waals surface area contributed by atoms with Gasteiger partial charge in [-0.05, 0) is 29.7 Å². The largest absolute Gasteiger partial charge is 0.390 e. The number of hydrogen-bond donors (Lipinski definition) is 4. The molecule has 120 valence electrons. The second kappa shape index (κ2) is 6.76. The molecule has 0 radical (unpaired) electrons. The van der Waals surface area contributed by atoms with Crippen LogP contribution < -0.4 is 16.4 Å². The van der Waals surface area contributed by atoms with E-state index in [2.05, 4.69) is 27.8 Å². The zero-order chi connectivity index (χ0) is 16.2. The third kappa shape index (κ3) is 3.67. The first-order chi connectivity index (χ1) is 11.1. The minimum absolute atomic E-state index is 0.0743. The molecule has 23 heavy (non-hydrogen) atoms. The summed E-state index contributed by atoms with van der Waals surface area (Å²) in [7, 11) is 0. The summed E-state index contributed by atoms with van der Waals surface area (Å²) in [4.78, 5) is 15.9. The Morgan fingerprint density at radius 1 is 1.35 bits per heavy atom. The van der Waals surface area contributed by atoms with Gasteiger partial charge in [0, 0.05) is 25.3 Å². The highest BCUT2D eigenvalue weighted by Gasteiger charge is 2.24. The minimum atomic E-state index is -0.658. The van der Waals surface area contributed by atoms with Crippen LogP contribution in [-0.2, 0) is 13.0 Å². The Bertz CT molecular complexity index is 687.